The molecular formula is C15H11F3N4. The first kappa shape index (κ1) is 14.2. The van der Waals surface area contributed by atoms with Crippen LogP contribution >= 0.6 is 0 Å². The van der Waals surface area contributed by atoms with Crippen molar-refractivity contribution in [3.05, 3.63) is 59.7 Å². The van der Waals surface area contributed by atoms with E-state index in [1.54, 1.807) is 12.1 Å². The molecule has 0 radical (unpaired) electrons. The average Bonchev–Trinajstić information content (AvgIpc) is 2.96. The number of aromatic nitrogens is 4. The van der Waals surface area contributed by atoms with Gasteiger partial charge in [-0.05, 0) is 29.5 Å². The lowest BCUT2D eigenvalue weighted by molar-refractivity contribution is -0.137. The largest absolute Gasteiger partial charge is 0.418 e. The fraction of sp³-hybridized carbons (Fsp3) is 0.133. The molecule has 1 heterocycles. The summed E-state index contributed by atoms with van der Waals surface area (Å²) in [5.41, 5.74) is 0.803. The number of para-hydroxylation sites is 1. The second-order valence-corrected chi connectivity index (χ2v) is 4.80. The summed E-state index contributed by atoms with van der Waals surface area (Å²) in [5.74, 6) is 0.261. The van der Waals surface area contributed by atoms with Crippen molar-refractivity contribution in [1.82, 2.24) is 20.2 Å². The SMILES string of the molecule is Cc1ccc(-c2nnnn2-c2ccccc2C(F)(F)F)cc1. The number of benzene rings is 2. The lowest BCUT2D eigenvalue weighted by Crippen LogP contribution is -2.12. The normalized spacial score (nSPS) is 11.6. The lowest BCUT2D eigenvalue weighted by Gasteiger charge is -2.13. The van der Waals surface area contributed by atoms with E-state index in [0.29, 0.717) is 5.56 Å². The minimum Gasteiger partial charge on any atom is -0.192 e. The van der Waals surface area contributed by atoms with Crippen LogP contribution in [0.4, 0.5) is 13.2 Å². The molecule has 0 fully saturated rings. The molecule has 0 spiro atoms. The van der Waals surface area contributed by atoms with Gasteiger partial charge in [0.25, 0.3) is 0 Å². The van der Waals surface area contributed by atoms with E-state index in [4.69, 9.17) is 0 Å². The van der Waals surface area contributed by atoms with Gasteiger partial charge in [0, 0.05) is 5.56 Å². The maximum atomic E-state index is 13.1. The van der Waals surface area contributed by atoms with Gasteiger partial charge in [-0.25, -0.2) is 0 Å². The Morgan fingerprint density at radius 2 is 1.64 bits per heavy atom. The van der Waals surface area contributed by atoms with Crippen molar-refractivity contribution < 1.29 is 13.2 Å². The average molecular weight is 304 g/mol. The molecule has 0 saturated heterocycles. The summed E-state index contributed by atoms with van der Waals surface area (Å²) in [6.07, 6.45) is -4.48. The van der Waals surface area contributed by atoms with Gasteiger partial charge in [0.05, 0.1) is 11.3 Å². The highest BCUT2D eigenvalue weighted by atomic mass is 19.4. The summed E-state index contributed by atoms with van der Waals surface area (Å²) in [6, 6.07) is 12.5. The topological polar surface area (TPSA) is 43.6 Å². The van der Waals surface area contributed by atoms with E-state index in [0.717, 1.165) is 16.3 Å². The molecule has 7 heteroatoms. The third kappa shape index (κ3) is 2.57. The Bertz CT molecular complexity index is 791. The molecule has 0 amide bonds. The highest BCUT2D eigenvalue weighted by Gasteiger charge is 2.34. The van der Waals surface area contributed by atoms with Crippen LogP contribution in [-0.4, -0.2) is 20.2 Å². The fourth-order valence-corrected chi connectivity index (χ4v) is 2.13. The predicted octanol–water partition coefficient (Wildman–Crippen LogP) is 3.66. The summed E-state index contributed by atoms with van der Waals surface area (Å²) < 4.78 is 40.5. The maximum absolute atomic E-state index is 13.1. The van der Waals surface area contributed by atoms with Crippen LogP contribution in [0.1, 0.15) is 11.1 Å². The monoisotopic (exact) mass is 304 g/mol. The van der Waals surface area contributed by atoms with Gasteiger partial charge in [0.15, 0.2) is 5.82 Å². The van der Waals surface area contributed by atoms with Gasteiger partial charge in [-0.3, -0.25) is 0 Å². The molecule has 0 aliphatic carbocycles. The van der Waals surface area contributed by atoms with Crippen molar-refractivity contribution in [1.29, 1.82) is 0 Å². The number of halogens is 3. The number of rotatable bonds is 2. The molecule has 3 rings (SSSR count). The Morgan fingerprint density at radius 1 is 0.955 bits per heavy atom. The Hall–Kier alpha value is -2.70. The third-order valence-corrected chi connectivity index (χ3v) is 3.22. The minimum atomic E-state index is -4.48. The smallest absolute Gasteiger partial charge is 0.192 e. The Morgan fingerprint density at radius 3 is 2.32 bits per heavy atom. The molecule has 0 unspecified atom stereocenters. The first-order valence-electron chi connectivity index (χ1n) is 6.49. The van der Waals surface area contributed by atoms with Crippen LogP contribution in [0, 0.1) is 6.92 Å². The van der Waals surface area contributed by atoms with Crippen LogP contribution in [-0.2, 0) is 6.18 Å². The van der Waals surface area contributed by atoms with Gasteiger partial charge >= 0.3 is 6.18 Å². The van der Waals surface area contributed by atoms with Crippen molar-refractivity contribution in [3.63, 3.8) is 0 Å². The summed E-state index contributed by atoms with van der Waals surface area (Å²) in [5, 5.41) is 11.1. The Balaban J connectivity index is 2.16. The number of tetrazole rings is 1. The Kier molecular flexibility index (Phi) is 3.40. The first-order valence-corrected chi connectivity index (χ1v) is 6.49. The molecular weight excluding hydrogens is 293 g/mol. The molecule has 1 aromatic heterocycles. The highest BCUT2D eigenvalue weighted by Crippen LogP contribution is 2.34. The van der Waals surface area contributed by atoms with Crippen LogP contribution < -0.4 is 0 Å². The predicted molar refractivity (Wildman–Crippen MR) is 74.3 cm³/mol. The van der Waals surface area contributed by atoms with Crippen molar-refractivity contribution in [3.8, 4) is 17.1 Å². The number of hydrogen-bond acceptors (Lipinski definition) is 3. The second-order valence-electron chi connectivity index (χ2n) is 4.80. The van der Waals surface area contributed by atoms with Crippen molar-refractivity contribution in [2.75, 3.05) is 0 Å². The number of hydrogen-bond donors (Lipinski definition) is 0. The lowest BCUT2D eigenvalue weighted by atomic mass is 10.1. The third-order valence-electron chi connectivity index (χ3n) is 3.22. The molecule has 3 aromatic rings. The first-order chi connectivity index (χ1) is 10.5. The molecule has 112 valence electrons. The van der Waals surface area contributed by atoms with Crippen LogP contribution in [0.25, 0.3) is 17.1 Å². The molecule has 4 nitrogen and oxygen atoms in total. The number of aryl methyl sites for hydroxylation is 1. The summed E-state index contributed by atoms with van der Waals surface area (Å²) >= 11 is 0. The quantitative estimate of drug-likeness (QED) is 0.725. The standard InChI is InChI=1S/C15H11F3N4/c1-10-6-8-11(9-7-10)14-19-20-21-22(14)13-5-3-2-4-12(13)15(16,17)18/h2-9H,1H3. The van der Waals surface area contributed by atoms with Crippen LogP contribution in [0.3, 0.4) is 0 Å². The zero-order valence-corrected chi connectivity index (χ0v) is 11.5. The zero-order chi connectivity index (χ0) is 15.7. The summed E-state index contributed by atoms with van der Waals surface area (Å²) in [6.45, 7) is 1.92. The second kappa shape index (κ2) is 5.25. The van der Waals surface area contributed by atoms with E-state index in [-0.39, 0.29) is 11.5 Å². The van der Waals surface area contributed by atoms with Gasteiger partial charge in [0.1, 0.15) is 0 Å². The summed E-state index contributed by atoms with van der Waals surface area (Å²) in [7, 11) is 0. The number of alkyl halides is 3. The van der Waals surface area contributed by atoms with E-state index in [9.17, 15) is 13.2 Å². The van der Waals surface area contributed by atoms with E-state index in [1.807, 2.05) is 19.1 Å². The van der Waals surface area contributed by atoms with Crippen LogP contribution in [0.15, 0.2) is 48.5 Å². The van der Waals surface area contributed by atoms with Gasteiger partial charge in [-0.1, -0.05) is 42.0 Å². The molecule has 0 aliphatic rings. The maximum Gasteiger partial charge on any atom is 0.418 e. The van der Waals surface area contributed by atoms with Gasteiger partial charge in [-0.2, -0.15) is 17.9 Å². The van der Waals surface area contributed by atoms with Gasteiger partial charge in [0.2, 0.25) is 0 Å². The molecule has 0 saturated carbocycles. The van der Waals surface area contributed by atoms with E-state index in [2.05, 4.69) is 15.5 Å². The van der Waals surface area contributed by atoms with E-state index >= 15 is 0 Å². The zero-order valence-electron chi connectivity index (χ0n) is 11.5. The van der Waals surface area contributed by atoms with Crippen LogP contribution in [0.5, 0.6) is 0 Å². The molecule has 0 bridgehead atoms. The van der Waals surface area contributed by atoms with Crippen molar-refractivity contribution in [2.45, 2.75) is 13.1 Å². The molecule has 0 aliphatic heterocycles. The number of nitrogens with zero attached hydrogens (tertiary/aromatic N) is 4. The molecule has 0 N–H and O–H groups in total. The molecule has 0 atom stereocenters. The van der Waals surface area contributed by atoms with Crippen molar-refractivity contribution >= 4 is 0 Å². The van der Waals surface area contributed by atoms with E-state index < -0.39 is 11.7 Å². The van der Waals surface area contributed by atoms with Gasteiger partial charge < -0.3 is 0 Å². The Labute approximate surface area is 124 Å². The molecule has 22 heavy (non-hydrogen) atoms. The fourth-order valence-electron chi connectivity index (χ4n) is 2.13. The van der Waals surface area contributed by atoms with E-state index in [1.165, 1.54) is 18.2 Å². The summed E-state index contributed by atoms with van der Waals surface area (Å²) in [4.78, 5) is 0. The minimum absolute atomic E-state index is 0.101. The highest BCUT2D eigenvalue weighted by molar-refractivity contribution is 5.58. The van der Waals surface area contributed by atoms with Crippen molar-refractivity contribution in [2.24, 2.45) is 0 Å². The van der Waals surface area contributed by atoms with Gasteiger partial charge in [-0.15, -0.1) is 5.10 Å². The van der Waals surface area contributed by atoms with Crippen LogP contribution in [0.2, 0.25) is 0 Å². The molecule has 2 aromatic carbocycles.